The van der Waals surface area contributed by atoms with Crippen molar-refractivity contribution in [2.45, 2.75) is 31.1 Å². The molecule has 0 bridgehead atoms. The maximum absolute atomic E-state index is 12.2. The lowest BCUT2D eigenvalue weighted by atomic mass is 10.1. The highest BCUT2D eigenvalue weighted by Crippen LogP contribution is 2.40. The van der Waals surface area contributed by atoms with Crippen LogP contribution in [0.3, 0.4) is 0 Å². The van der Waals surface area contributed by atoms with Crippen LogP contribution < -0.4 is 4.74 Å². The SMILES string of the molecule is CC1(c2nc(-c3ccnc(OC(F)F)c3)no2)CCCS1(=O)=O. The Morgan fingerprint density at radius 3 is 2.87 bits per heavy atom. The molecule has 1 unspecified atom stereocenters. The monoisotopic (exact) mass is 345 g/mol. The van der Waals surface area contributed by atoms with Crippen molar-refractivity contribution in [1.29, 1.82) is 0 Å². The van der Waals surface area contributed by atoms with Crippen LogP contribution in [0, 0.1) is 0 Å². The number of pyridine rings is 1. The number of hydrogen-bond donors (Lipinski definition) is 0. The van der Waals surface area contributed by atoms with Crippen LogP contribution in [0.2, 0.25) is 0 Å². The fourth-order valence-electron chi connectivity index (χ4n) is 2.48. The van der Waals surface area contributed by atoms with E-state index >= 15 is 0 Å². The van der Waals surface area contributed by atoms with E-state index in [1.165, 1.54) is 18.3 Å². The van der Waals surface area contributed by atoms with Gasteiger partial charge in [0.1, 0.15) is 4.75 Å². The van der Waals surface area contributed by atoms with Crippen LogP contribution in [0.4, 0.5) is 8.78 Å². The highest BCUT2D eigenvalue weighted by molar-refractivity contribution is 7.92. The zero-order valence-corrected chi connectivity index (χ0v) is 12.9. The van der Waals surface area contributed by atoms with Gasteiger partial charge in [-0.1, -0.05) is 5.16 Å². The molecule has 1 aliphatic rings. The van der Waals surface area contributed by atoms with E-state index in [9.17, 15) is 17.2 Å². The fraction of sp³-hybridized carbons (Fsp3) is 0.462. The Balaban J connectivity index is 1.94. The predicted octanol–water partition coefficient (Wildman–Crippen LogP) is 2.16. The number of nitrogens with zero attached hydrogens (tertiary/aromatic N) is 3. The number of hydrogen-bond acceptors (Lipinski definition) is 7. The molecule has 3 heterocycles. The smallest absolute Gasteiger partial charge is 0.388 e. The lowest BCUT2D eigenvalue weighted by Crippen LogP contribution is -2.28. The molecule has 0 aliphatic carbocycles. The molecule has 1 fully saturated rings. The largest absolute Gasteiger partial charge is 0.417 e. The van der Waals surface area contributed by atoms with E-state index in [-0.39, 0.29) is 23.3 Å². The van der Waals surface area contributed by atoms with Crippen molar-refractivity contribution in [1.82, 2.24) is 15.1 Å². The summed E-state index contributed by atoms with van der Waals surface area (Å²) in [6.45, 7) is -1.45. The first-order chi connectivity index (χ1) is 10.8. The van der Waals surface area contributed by atoms with Crippen LogP contribution in [-0.2, 0) is 14.6 Å². The third kappa shape index (κ3) is 2.78. The minimum absolute atomic E-state index is 0.00172. The molecule has 7 nitrogen and oxygen atoms in total. The molecule has 124 valence electrons. The Morgan fingerprint density at radius 1 is 1.43 bits per heavy atom. The van der Waals surface area contributed by atoms with Crippen molar-refractivity contribution in [2.75, 3.05) is 5.75 Å². The summed E-state index contributed by atoms with van der Waals surface area (Å²) < 4.78 is 56.9. The topological polar surface area (TPSA) is 95.2 Å². The first kappa shape index (κ1) is 15.8. The van der Waals surface area contributed by atoms with Crippen molar-refractivity contribution >= 4 is 9.84 Å². The summed E-state index contributed by atoms with van der Waals surface area (Å²) in [6.07, 6.45) is 2.18. The van der Waals surface area contributed by atoms with Crippen molar-refractivity contribution in [2.24, 2.45) is 0 Å². The second kappa shape index (κ2) is 5.52. The van der Waals surface area contributed by atoms with E-state index in [0.717, 1.165) is 0 Å². The van der Waals surface area contributed by atoms with Crippen molar-refractivity contribution in [3.05, 3.63) is 24.2 Å². The summed E-state index contributed by atoms with van der Waals surface area (Å²) >= 11 is 0. The number of aromatic nitrogens is 3. The van der Waals surface area contributed by atoms with Gasteiger partial charge >= 0.3 is 6.61 Å². The van der Waals surface area contributed by atoms with Gasteiger partial charge in [-0.2, -0.15) is 13.8 Å². The zero-order valence-electron chi connectivity index (χ0n) is 12.1. The Kier molecular flexibility index (Phi) is 3.78. The second-order valence-corrected chi connectivity index (χ2v) is 7.88. The number of halogens is 2. The lowest BCUT2D eigenvalue weighted by Gasteiger charge is -2.16. The van der Waals surface area contributed by atoms with Gasteiger partial charge in [-0.05, 0) is 25.8 Å². The molecule has 1 saturated heterocycles. The van der Waals surface area contributed by atoms with Gasteiger partial charge in [0.15, 0.2) is 9.84 Å². The summed E-state index contributed by atoms with van der Waals surface area (Å²) in [5.74, 6) is -0.130. The summed E-state index contributed by atoms with van der Waals surface area (Å²) in [5, 5.41) is 3.74. The first-order valence-electron chi connectivity index (χ1n) is 6.79. The number of rotatable bonds is 4. The highest BCUT2D eigenvalue weighted by Gasteiger charge is 2.49. The highest BCUT2D eigenvalue weighted by atomic mass is 32.2. The average Bonchev–Trinajstić information content (AvgIpc) is 3.05. The van der Waals surface area contributed by atoms with E-state index < -0.39 is 21.2 Å². The normalized spacial score (nSPS) is 23.3. The standard InChI is InChI=1S/C13H13F2N3O4S/c1-13(4-2-6-23(13,19)20)11-17-10(18-22-11)8-3-5-16-9(7-8)21-12(14)15/h3,5,7,12H,2,4,6H2,1H3. The molecule has 0 spiro atoms. The molecule has 0 radical (unpaired) electrons. The number of alkyl halides is 2. The zero-order chi connectivity index (χ0) is 16.7. The fourth-order valence-corrected chi connectivity index (χ4v) is 4.26. The third-order valence-electron chi connectivity index (χ3n) is 3.83. The van der Waals surface area contributed by atoms with Gasteiger partial charge in [0.2, 0.25) is 17.6 Å². The number of ether oxygens (including phenoxy) is 1. The molecule has 1 aliphatic heterocycles. The molecule has 2 aromatic rings. The number of sulfone groups is 1. The lowest BCUT2D eigenvalue weighted by molar-refractivity contribution is -0.0528. The van der Waals surface area contributed by atoms with Gasteiger partial charge in [0, 0.05) is 17.8 Å². The first-order valence-corrected chi connectivity index (χ1v) is 8.45. The molecule has 0 N–H and O–H groups in total. The summed E-state index contributed by atoms with van der Waals surface area (Å²) in [4.78, 5) is 7.76. The Bertz CT molecular complexity index is 824. The second-order valence-electron chi connectivity index (χ2n) is 5.34. The van der Waals surface area contributed by atoms with Crippen molar-refractivity contribution < 1.29 is 26.5 Å². The quantitative estimate of drug-likeness (QED) is 0.838. The Morgan fingerprint density at radius 2 is 2.22 bits per heavy atom. The van der Waals surface area contributed by atoms with Gasteiger partial charge < -0.3 is 9.26 Å². The molecule has 10 heteroatoms. The molecular weight excluding hydrogens is 332 g/mol. The van der Waals surface area contributed by atoms with Gasteiger partial charge in [0.05, 0.1) is 5.75 Å². The predicted molar refractivity (Wildman–Crippen MR) is 74.5 cm³/mol. The van der Waals surface area contributed by atoms with E-state index in [1.807, 2.05) is 0 Å². The Hall–Kier alpha value is -2.10. The summed E-state index contributed by atoms with van der Waals surface area (Å²) in [5.41, 5.74) is 0.338. The average molecular weight is 345 g/mol. The minimum Gasteiger partial charge on any atom is -0.417 e. The molecule has 3 rings (SSSR count). The van der Waals surface area contributed by atoms with Gasteiger partial charge in [-0.15, -0.1) is 0 Å². The van der Waals surface area contributed by atoms with E-state index in [2.05, 4.69) is 19.9 Å². The van der Waals surface area contributed by atoms with Crippen LogP contribution in [-0.4, -0.2) is 35.9 Å². The molecule has 0 amide bonds. The van der Waals surface area contributed by atoms with E-state index in [4.69, 9.17) is 4.52 Å². The maximum atomic E-state index is 12.2. The van der Waals surface area contributed by atoms with Crippen LogP contribution in [0.1, 0.15) is 25.7 Å². The van der Waals surface area contributed by atoms with Gasteiger partial charge in [-0.25, -0.2) is 13.4 Å². The summed E-state index contributed by atoms with van der Waals surface area (Å²) in [7, 11) is -3.37. The molecule has 2 aromatic heterocycles. The summed E-state index contributed by atoms with van der Waals surface area (Å²) in [6, 6.07) is 2.71. The molecule has 0 saturated carbocycles. The van der Waals surface area contributed by atoms with Gasteiger partial charge in [0.25, 0.3) is 0 Å². The minimum atomic E-state index is -3.37. The maximum Gasteiger partial charge on any atom is 0.388 e. The van der Waals surface area contributed by atoms with E-state index in [0.29, 0.717) is 18.4 Å². The van der Waals surface area contributed by atoms with Crippen molar-refractivity contribution in [3.8, 4) is 17.3 Å². The molecule has 0 aromatic carbocycles. The van der Waals surface area contributed by atoms with E-state index in [1.54, 1.807) is 6.92 Å². The Labute approximate surface area is 130 Å². The van der Waals surface area contributed by atoms with Crippen LogP contribution in [0.5, 0.6) is 5.88 Å². The van der Waals surface area contributed by atoms with Crippen molar-refractivity contribution in [3.63, 3.8) is 0 Å². The van der Waals surface area contributed by atoms with Gasteiger partial charge in [-0.3, -0.25) is 0 Å². The van der Waals surface area contributed by atoms with Crippen LogP contribution in [0.25, 0.3) is 11.4 Å². The molecular formula is C13H13F2N3O4S. The molecule has 1 atom stereocenters. The van der Waals surface area contributed by atoms with Crippen LogP contribution in [0.15, 0.2) is 22.9 Å². The molecule has 23 heavy (non-hydrogen) atoms. The third-order valence-corrected chi connectivity index (χ3v) is 6.41. The van der Waals surface area contributed by atoms with Crippen LogP contribution >= 0.6 is 0 Å².